The molecule has 0 fully saturated rings. The fourth-order valence-corrected chi connectivity index (χ4v) is 3.91. The van der Waals surface area contributed by atoms with Gasteiger partial charge in [-0.1, -0.05) is 18.2 Å². The minimum Gasteiger partial charge on any atom is -0.376 e. The molecule has 7 heteroatoms. The lowest BCUT2D eigenvalue weighted by atomic mass is 10.1. The molecule has 0 radical (unpaired) electrons. The first-order valence-corrected chi connectivity index (χ1v) is 10.6. The topological polar surface area (TPSA) is 72.0 Å². The number of carbonyl (C=O) groups is 2. The van der Waals surface area contributed by atoms with E-state index < -0.39 is 0 Å². The fraction of sp³-hybridized carbons (Fsp3) is 0.409. The Morgan fingerprint density at radius 2 is 1.93 bits per heavy atom. The molecule has 0 saturated heterocycles. The van der Waals surface area contributed by atoms with Crippen molar-refractivity contribution in [3.8, 4) is 0 Å². The third-order valence-corrected chi connectivity index (χ3v) is 5.66. The van der Waals surface area contributed by atoms with E-state index in [-0.39, 0.29) is 11.6 Å². The maximum atomic E-state index is 12.9. The number of ketones is 2. The molecular formula is C22H28N3O3S+. The molecule has 29 heavy (non-hydrogen) atoms. The summed E-state index contributed by atoms with van der Waals surface area (Å²) in [6.07, 6.45) is 2.73. The number of nitrogens with zero attached hydrogens (tertiary/aromatic N) is 2. The number of H-pyrrole nitrogens is 1. The Morgan fingerprint density at radius 1 is 1.17 bits per heavy atom. The second-order valence-electron chi connectivity index (χ2n) is 8.15. The highest BCUT2D eigenvalue weighted by molar-refractivity contribution is 7.14. The number of hydrogen-bond acceptors (Lipinski definition) is 5. The van der Waals surface area contributed by atoms with Crippen molar-refractivity contribution in [2.24, 2.45) is 0 Å². The van der Waals surface area contributed by atoms with Gasteiger partial charge >= 0.3 is 0 Å². The molecule has 0 bridgehead atoms. The predicted octanol–water partition coefficient (Wildman–Crippen LogP) is 3.85. The highest BCUT2D eigenvalue weighted by atomic mass is 32.1. The lowest BCUT2D eigenvalue weighted by Crippen LogP contribution is -2.37. The highest BCUT2D eigenvalue weighted by Crippen LogP contribution is 2.25. The van der Waals surface area contributed by atoms with Gasteiger partial charge in [0.15, 0.2) is 10.8 Å². The van der Waals surface area contributed by atoms with Crippen LogP contribution < -0.4 is 0 Å². The number of aromatic amines is 1. The van der Waals surface area contributed by atoms with Crippen molar-refractivity contribution in [2.45, 2.75) is 19.8 Å². The maximum absolute atomic E-state index is 12.9. The summed E-state index contributed by atoms with van der Waals surface area (Å²) < 4.78 is 6.47. The van der Waals surface area contributed by atoms with Crippen LogP contribution in [0.15, 0.2) is 30.5 Å². The molecule has 3 rings (SSSR count). The van der Waals surface area contributed by atoms with Crippen molar-refractivity contribution >= 4 is 33.8 Å². The van der Waals surface area contributed by atoms with E-state index in [0.29, 0.717) is 42.3 Å². The zero-order valence-corrected chi connectivity index (χ0v) is 18.3. The Kier molecular flexibility index (Phi) is 6.62. The Labute approximate surface area is 175 Å². The van der Waals surface area contributed by atoms with Crippen LogP contribution in [0.5, 0.6) is 0 Å². The molecule has 0 aliphatic heterocycles. The number of benzene rings is 1. The van der Waals surface area contributed by atoms with Crippen LogP contribution in [0.4, 0.5) is 0 Å². The first kappa shape index (κ1) is 21.4. The molecule has 1 N–H and O–H groups in total. The van der Waals surface area contributed by atoms with E-state index in [1.807, 2.05) is 31.2 Å². The van der Waals surface area contributed by atoms with E-state index >= 15 is 0 Å². The summed E-state index contributed by atoms with van der Waals surface area (Å²) in [5.74, 6) is -0.190. The zero-order valence-electron chi connectivity index (χ0n) is 17.4. The number of aryl methyl sites for hydroxylation is 1. The number of hydrogen-bond donors (Lipinski definition) is 1. The molecule has 2 aromatic heterocycles. The Hall–Kier alpha value is -2.35. The molecule has 0 spiro atoms. The van der Waals surface area contributed by atoms with Crippen LogP contribution in [0.3, 0.4) is 0 Å². The van der Waals surface area contributed by atoms with Gasteiger partial charge in [0.25, 0.3) is 0 Å². The predicted molar refractivity (Wildman–Crippen MR) is 116 cm³/mol. The standard InChI is InChI=1S/C22H27N3O3S/c1-15-20(19(26)10-7-12-28-13-11-25(2,3)4)24-22(29-15)21(27)17-14-23-18-9-6-5-8-16(17)18/h5-6,8-9,14H,7,10-13H2,1-4H3/p+1. The van der Waals surface area contributed by atoms with Gasteiger partial charge in [-0.3, -0.25) is 9.59 Å². The van der Waals surface area contributed by atoms with E-state index in [2.05, 4.69) is 31.1 Å². The summed E-state index contributed by atoms with van der Waals surface area (Å²) in [5, 5.41) is 1.22. The number of likely N-dealkylation sites (N-methyl/N-ethyl adjacent to an activating group) is 1. The molecule has 0 atom stereocenters. The number of aromatic nitrogens is 2. The van der Waals surface area contributed by atoms with Gasteiger partial charge in [-0.05, 0) is 19.4 Å². The smallest absolute Gasteiger partial charge is 0.223 e. The van der Waals surface area contributed by atoms with E-state index in [9.17, 15) is 9.59 Å². The van der Waals surface area contributed by atoms with Crippen molar-refractivity contribution in [3.05, 3.63) is 51.6 Å². The Bertz CT molecular complexity index is 1010. The average Bonchev–Trinajstić information content (AvgIpc) is 3.26. The second kappa shape index (κ2) is 8.98. The first-order chi connectivity index (χ1) is 13.8. The lowest BCUT2D eigenvalue weighted by molar-refractivity contribution is -0.870. The van der Waals surface area contributed by atoms with Gasteiger partial charge < -0.3 is 14.2 Å². The number of quaternary nitrogens is 1. The van der Waals surface area contributed by atoms with Crippen LogP contribution in [0.25, 0.3) is 10.9 Å². The summed E-state index contributed by atoms with van der Waals surface area (Å²) in [5.41, 5.74) is 1.90. The number of Topliss-reactive ketones (excluding diaryl/α,β-unsaturated/α-hetero) is 1. The number of nitrogens with one attached hydrogen (secondary N) is 1. The molecule has 0 amide bonds. The fourth-order valence-electron chi connectivity index (χ4n) is 3.02. The van der Waals surface area contributed by atoms with E-state index in [1.54, 1.807) is 6.20 Å². The first-order valence-electron chi connectivity index (χ1n) is 9.76. The summed E-state index contributed by atoms with van der Waals surface area (Å²) in [7, 11) is 6.35. The normalized spacial score (nSPS) is 11.9. The third-order valence-electron chi connectivity index (χ3n) is 4.69. The van der Waals surface area contributed by atoms with Gasteiger partial charge in [-0.15, -0.1) is 11.3 Å². The molecule has 0 unspecified atom stereocenters. The quantitative estimate of drug-likeness (QED) is 0.311. The van der Waals surface area contributed by atoms with Crippen molar-refractivity contribution in [1.29, 1.82) is 0 Å². The zero-order chi connectivity index (χ0) is 21.0. The molecular weight excluding hydrogens is 386 g/mol. The van der Waals surface area contributed by atoms with Gasteiger partial charge in [0.1, 0.15) is 12.2 Å². The molecule has 2 heterocycles. The average molecular weight is 415 g/mol. The summed E-state index contributed by atoms with van der Waals surface area (Å²) in [4.78, 5) is 33.8. The molecule has 6 nitrogen and oxygen atoms in total. The highest BCUT2D eigenvalue weighted by Gasteiger charge is 2.22. The SMILES string of the molecule is Cc1sc(C(=O)c2c[nH]c3ccccc23)nc1C(=O)CCCOCC[N+](C)(C)C. The van der Waals surface area contributed by atoms with Crippen LogP contribution in [0.1, 0.15) is 43.6 Å². The summed E-state index contributed by atoms with van der Waals surface area (Å²) in [6, 6.07) is 7.65. The van der Waals surface area contributed by atoms with Crippen LogP contribution in [0, 0.1) is 6.92 Å². The minimum absolute atomic E-state index is 0.0353. The number of ether oxygens (including phenoxy) is 1. The number of fused-ring (bicyclic) bond motifs is 1. The van der Waals surface area contributed by atoms with Gasteiger partial charge in [0, 0.05) is 35.0 Å². The van der Waals surface area contributed by atoms with Gasteiger partial charge in [0.05, 0.1) is 33.3 Å². The Morgan fingerprint density at radius 3 is 2.69 bits per heavy atom. The van der Waals surface area contributed by atoms with E-state index in [1.165, 1.54) is 11.3 Å². The maximum Gasteiger partial charge on any atom is 0.223 e. The molecule has 3 aromatic rings. The van der Waals surface area contributed by atoms with Gasteiger partial charge in [-0.2, -0.15) is 0 Å². The number of thiazole rings is 1. The monoisotopic (exact) mass is 414 g/mol. The van der Waals surface area contributed by atoms with Crippen LogP contribution in [-0.4, -0.2) is 66.9 Å². The number of carbonyl (C=O) groups excluding carboxylic acids is 2. The third kappa shape index (κ3) is 5.38. The van der Waals surface area contributed by atoms with Gasteiger partial charge in [0.2, 0.25) is 5.78 Å². The van der Waals surface area contributed by atoms with E-state index in [0.717, 1.165) is 26.8 Å². The Balaban J connectivity index is 1.59. The molecule has 154 valence electrons. The van der Waals surface area contributed by atoms with Crippen molar-refractivity contribution in [1.82, 2.24) is 9.97 Å². The number of para-hydroxylation sites is 1. The number of rotatable bonds is 10. The molecule has 0 saturated carbocycles. The molecule has 1 aromatic carbocycles. The summed E-state index contributed by atoms with van der Waals surface area (Å²) in [6.45, 7) is 4.00. The molecule has 0 aliphatic rings. The van der Waals surface area contributed by atoms with Crippen LogP contribution in [-0.2, 0) is 4.74 Å². The van der Waals surface area contributed by atoms with Crippen molar-refractivity contribution in [2.75, 3.05) is 40.9 Å². The van der Waals surface area contributed by atoms with Crippen LogP contribution >= 0.6 is 11.3 Å². The van der Waals surface area contributed by atoms with E-state index in [4.69, 9.17) is 4.74 Å². The lowest BCUT2D eigenvalue weighted by Gasteiger charge is -2.23. The largest absolute Gasteiger partial charge is 0.376 e. The van der Waals surface area contributed by atoms with Crippen LogP contribution in [0.2, 0.25) is 0 Å². The second-order valence-corrected chi connectivity index (χ2v) is 9.36. The van der Waals surface area contributed by atoms with Crippen molar-refractivity contribution < 1.29 is 18.8 Å². The molecule has 0 aliphatic carbocycles. The summed E-state index contributed by atoms with van der Waals surface area (Å²) >= 11 is 1.28. The van der Waals surface area contributed by atoms with Crippen molar-refractivity contribution in [3.63, 3.8) is 0 Å². The van der Waals surface area contributed by atoms with Gasteiger partial charge in [-0.25, -0.2) is 4.98 Å². The minimum atomic E-state index is -0.154.